The molecule has 0 N–H and O–H groups in total. The Morgan fingerprint density at radius 3 is 2.33 bits per heavy atom. The number of allylic oxidation sites excluding steroid dienone is 1. The summed E-state index contributed by atoms with van der Waals surface area (Å²) in [5.74, 6) is -0.312. The Morgan fingerprint density at radius 1 is 1.04 bits per heavy atom. The Kier molecular flexibility index (Phi) is 5.01. The van der Waals surface area contributed by atoms with E-state index in [-0.39, 0.29) is 16.9 Å². The van der Waals surface area contributed by atoms with Crippen LogP contribution in [0.3, 0.4) is 0 Å². The largest absolute Gasteiger partial charge is 0.496 e. The minimum atomic E-state index is -0.644. The summed E-state index contributed by atoms with van der Waals surface area (Å²) in [5, 5.41) is 18.7. The zero-order valence-corrected chi connectivity index (χ0v) is 14.7. The van der Waals surface area contributed by atoms with Crippen molar-refractivity contribution < 1.29 is 13.9 Å². The molecule has 0 aliphatic heterocycles. The lowest BCUT2D eigenvalue weighted by atomic mass is 10.0. The first-order valence-corrected chi connectivity index (χ1v) is 7.95. The van der Waals surface area contributed by atoms with E-state index in [1.165, 1.54) is 26.4 Å². The summed E-state index contributed by atoms with van der Waals surface area (Å²) in [4.78, 5) is 4.59. The van der Waals surface area contributed by atoms with Gasteiger partial charge in [0.05, 0.1) is 31.0 Å². The van der Waals surface area contributed by atoms with Crippen LogP contribution >= 0.6 is 0 Å². The van der Waals surface area contributed by atoms with Gasteiger partial charge in [-0.2, -0.15) is 10.5 Å². The van der Waals surface area contributed by atoms with E-state index >= 15 is 0 Å². The molecule has 0 aliphatic carbocycles. The van der Waals surface area contributed by atoms with Crippen molar-refractivity contribution in [1.29, 1.82) is 10.5 Å². The van der Waals surface area contributed by atoms with Gasteiger partial charge in [-0.1, -0.05) is 30.3 Å². The van der Waals surface area contributed by atoms with Crippen molar-refractivity contribution in [2.75, 3.05) is 14.2 Å². The Bertz CT molecular complexity index is 1110. The van der Waals surface area contributed by atoms with E-state index in [0.717, 1.165) is 5.56 Å². The summed E-state index contributed by atoms with van der Waals surface area (Å²) in [6, 6.07) is 17.4. The maximum Gasteiger partial charge on any atom is 0.172 e. The molecular formula is C21H14FN3O2. The molecule has 0 spiro atoms. The number of ether oxygens (including phenoxy) is 2. The number of hydrogen-bond donors (Lipinski definition) is 0. The van der Waals surface area contributed by atoms with Crippen molar-refractivity contribution in [3.05, 3.63) is 65.5 Å². The fourth-order valence-electron chi connectivity index (χ4n) is 2.79. The smallest absolute Gasteiger partial charge is 0.172 e. The van der Waals surface area contributed by atoms with Crippen LogP contribution in [0.1, 0.15) is 5.56 Å². The van der Waals surface area contributed by atoms with Gasteiger partial charge in [0.15, 0.2) is 11.3 Å². The van der Waals surface area contributed by atoms with Gasteiger partial charge in [-0.15, -0.1) is 0 Å². The molecule has 2 aromatic carbocycles. The number of aromatic nitrogens is 1. The van der Waals surface area contributed by atoms with Gasteiger partial charge >= 0.3 is 0 Å². The van der Waals surface area contributed by atoms with Gasteiger partial charge < -0.3 is 9.47 Å². The molecular weight excluding hydrogens is 345 g/mol. The predicted molar refractivity (Wildman–Crippen MR) is 98.8 cm³/mol. The summed E-state index contributed by atoms with van der Waals surface area (Å²) < 4.78 is 25.2. The van der Waals surface area contributed by atoms with E-state index < -0.39 is 5.82 Å². The zero-order valence-electron chi connectivity index (χ0n) is 14.7. The van der Waals surface area contributed by atoms with Gasteiger partial charge in [0.2, 0.25) is 0 Å². The summed E-state index contributed by atoms with van der Waals surface area (Å²) >= 11 is 0. The molecule has 0 atom stereocenters. The van der Waals surface area contributed by atoms with Crippen LogP contribution in [0, 0.1) is 28.5 Å². The predicted octanol–water partition coefficient (Wildman–Crippen LogP) is 4.45. The van der Waals surface area contributed by atoms with Gasteiger partial charge in [0, 0.05) is 17.0 Å². The standard InChI is InChI=1S/C21H14FN3O2/c1-26-20-10-18(13-6-4-3-5-7-13)25-19-9-15(17(22)8-16(19)20)21(27-2)14(11-23)12-24/h3-10H,1-2H3. The second-order valence-corrected chi connectivity index (χ2v) is 5.56. The van der Waals surface area contributed by atoms with Crippen molar-refractivity contribution in [2.24, 2.45) is 0 Å². The Hall–Kier alpha value is -3.90. The second-order valence-electron chi connectivity index (χ2n) is 5.56. The number of halogens is 1. The summed E-state index contributed by atoms with van der Waals surface area (Å²) in [7, 11) is 2.78. The van der Waals surface area contributed by atoms with Crippen molar-refractivity contribution >= 4 is 16.7 Å². The zero-order chi connectivity index (χ0) is 19.4. The van der Waals surface area contributed by atoms with Gasteiger partial charge in [-0.3, -0.25) is 0 Å². The molecule has 1 aromatic heterocycles. The van der Waals surface area contributed by atoms with Gasteiger partial charge in [-0.05, 0) is 12.1 Å². The molecule has 132 valence electrons. The third kappa shape index (κ3) is 3.29. The molecule has 0 bridgehead atoms. The van der Waals surface area contributed by atoms with Gasteiger partial charge in [-0.25, -0.2) is 9.37 Å². The third-order valence-corrected chi connectivity index (χ3v) is 4.05. The fourth-order valence-corrected chi connectivity index (χ4v) is 2.79. The van der Waals surface area contributed by atoms with E-state index in [4.69, 9.17) is 20.0 Å². The highest BCUT2D eigenvalue weighted by molar-refractivity contribution is 5.91. The van der Waals surface area contributed by atoms with Gasteiger partial charge in [0.1, 0.15) is 23.7 Å². The number of methoxy groups -OCH3 is 2. The van der Waals surface area contributed by atoms with E-state index in [9.17, 15) is 4.39 Å². The molecule has 0 unspecified atom stereocenters. The summed E-state index contributed by atoms with van der Waals surface area (Å²) in [5.41, 5.74) is 1.65. The van der Waals surface area contributed by atoms with Crippen molar-refractivity contribution in [2.45, 2.75) is 0 Å². The molecule has 0 fully saturated rings. The molecule has 0 amide bonds. The van der Waals surface area contributed by atoms with Gasteiger partial charge in [0.25, 0.3) is 0 Å². The van der Waals surface area contributed by atoms with Crippen molar-refractivity contribution in [3.63, 3.8) is 0 Å². The monoisotopic (exact) mass is 359 g/mol. The number of nitriles is 2. The molecule has 0 saturated heterocycles. The minimum Gasteiger partial charge on any atom is -0.496 e. The Labute approximate surface area is 155 Å². The van der Waals surface area contributed by atoms with Crippen LogP contribution in [0.2, 0.25) is 0 Å². The molecule has 3 aromatic rings. The first-order chi connectivity index (χ1) is 13.1. The van der Waals surface area contributed by atoms with E-state index in [1.807, 2.05) is 30.3 Å². The molecule has 6 heteroatoms. The molecule has 27 heavy (non-hydrogen) atoms. The number of benzene rings is 2. The van der Waals surface area contributed by atoms with Crippen LogP contribution < -0.4 is 4.74 Å². The highest BCUT2D eigenvalue weighted by Gasteiger charge is 2.18. The first kappa shape index (κ1) is 17.9. The Balaban J connectivity index is 2.32. The van der Waals surface area contributed by atoms with Crippen LogP contribution in [0.5, 0.6) is 5.75 Å². The normalized spacial score (nSPS) is 9.96. The molecule has 0 radical (unpaired) electrons. The SMILES string of the molecule is COC(=C(C#N)C#N)c1cc2nc(-c3ccccc3)cc(OC)c2cc1F. The van der Waals surface area contributed by atoms with Crippen LogP contribution in [-0.4, -0.2) is 19.2 Å². The fraction of sp³-hybridized carbons (Fsp3) is 0.0952. The summed E-state index contributed by atoms with van der Waals surface area (Å²) in [6.07, 6.45) is 0. The minimum absolute atomic E-state index is 0.0112. The van der Waals surface area contributed by atoms with E-state index in [0.29, 0.717) is 22.3 Å². The highest BCUT2D eigenvalue weighted by Crippen LogP contribution is 2.33. The third-order valence-electron chi connectivity index (χ3n) is 4.05. The number of nitrogens with zero attached hydrogens (tertiary/aromatic N) is 3. The van der Waals surface area contributed by atoms with Crippen LogP contribution in [0.4, 0.5) is 4.39 Å². The average molecular weight is 359 g/mol. The van der Waals surface area contributed by atoms with Crippen molar-refractivity contribution in [1.82, 2.24) is 4.98 Å². The van der Waals surface area contributed by atoms with Crippen LogP contribution in [-0.2, 0) is 4.74 Å². The quantitative estimate of drug-likeness (QED) is 0.508. The Morgan fingerprint density at radius 2 is 1.74 bits per heavy atom. The topological polar surface area (TPSA) is 78.9 Å². The average Bonchev–Trinajstić information content (AvgIpc) is 2.71. The van der Waals surface area contributed by atoms with E-state index in [1.54, 1.807) is 18.2 Å². The lowest BCUT2D eigenvalue weighted by Crippen LogP contribution is -1.99. The van der Waals surface area contributed by atoms with Crippen LogP contribution in [0.15, 0.2) is 54.1 Å². The van der Waals surface area contributed by atoms with Crippen LogP contribution in [0.25, 0.3) is 27.9 Å². The maximum absolute atomic E-state index is 14.7. The maximum atomic E-state index is 14.7. The first-order valence-electron chi connectivity index (χ1n) is 7.95. The number of rotatable bonds is 4. The molecule has 0 saturated carbocycles. The molecule has 5 nitrogen and oxygen atoms in total. The lowest BCUT2D eigenvalue weighted by molar-refractivity contribution is 0.366. The molecule has 1 heterocycles. The molecule has 0 aliphatic rings. The summed E-state index contributed by atoms with van der Waals surface area (Å²) in [6.45, 7) is 0. The number of pyridine rings is 1. The lowest BCUT2D eigenvalue weighted by Gasteiger charge is -2.12. The number of hydrogen-bond acceptors (Lipinski definition) is 5. The second kappa shape index (κ2) is 7.55. The highest BCUT2D eigenvalue weighted by atomic mass is 19.1. The number of fused-ring (bicyclic) bond motifs is 1. The van der Waals surface area contributed by atoms with E-state index in [2.05, 4.69) is 4.98 Å². The van der Waals surface area contributed by atoms with Crippen molar-refractivity contribution in [3.8, 4) is 29.1 Å². The molecule has 3 rings (SSSR count).